The molecule has 0 bridgehead atoms. The highest BCUT2D eigenvalue weighted by molar-refractivity contribution is 5.76. The highest BCUT2D eigenvalue weighted by Crippen LogP contribution is 2.18. The van der Waals surface area contributed by atoms with E-state index < -0.39 is 12.1 Å². The van der Waals surface area contributed by atoms with Gasteiger partial charge in [-0.1, -0.05) is 320 Å². The molecular weight excluding hydrogens is 807 g/mol. The molecule has 390 valence electrons. The van der Waals surface area contributed by atoms with Crippen LogP contribution in [0.1, 0.15) is 335 Å². The van der Waals surface area contributed by atoms with E-state index in [9.17, 15) is 15.0 Å². The van der Waals surface area contributed by atoms with Gasteiger partial charge >= 0.3 is 0 Å². The molecule has 0 saturated heterocycles. The summed E-state index contributed by atoms with van der Waals surface area (Å²) in [5.41, 5.74) is 0. The van der Waals surface area contributed by atoms with E-state index >= 15 is 0 Å². The Labute approximate surface area is 414 Å². The fourth-order valence-corrected chi connectivity index (χ4v) is 9.51. The third-order valence-electron chi connectivity index (χ3n) is 14.1. The number of allylic oxidation sites excluding steroid dienone is 5. The van der Waals surface area contributed by atoms with Crippen LogP contribution in [0.2, 0.25) is 0 Å². The van der Waals surface area contributed by atoms with E-state index in [2.05, 4.69) is 43.5 Å². The molecule has 0 radical (unpaired) electrons. The Morgan fingerprint density at radius 1 is 0.348 bits per heavy atom. The maximum absolute atomic E-state index is 12.4. The van der Waals surface area contributed by atoms with Gasteiger partial charge in [0.2, 0.25) is 5.91 Å². The Bertz CT molecular complexity index is 1010. The van der Waals surface area contributed by atoms with Gasteiger partial charge in [-0.2, -0.15) is 0 Å². The summed E-state index contributed by atoms with van der Waals surface area (Å²) in [5.74, 6) is -0.0727. The summed E-state index contributed by atoms with van der Waals surface area (Å²) < 4.78 is 0. The highest BCUT2D eigenvalue weighted by Gasteiger charge is 2.18. The lowest BCUT2D eigenvalue weighted by Gasteiger charge is -2.19. The van der Waals surface area contributed by atoms with Gasteiger partial charge in [-0.05, 0) is 44.9 Å². The predicted octanol–water partition coefficient (Wildman–Crippen LogP) is 20.0. The number of amides is 1. The number of aliphatic hydroxyl groups is 2. The number of hydrogen-bond donors (Lipinski definition) is 3. The van der Waals surface area contributed by atoms with Crippen molar-refractivity contribution in [3.8, 4) is 0 Å². The zero-order chi connectivity index (χ0) is 47.7. The van der Waals surface area contributed by atoms with Crippen LogP contribution >= 0.6 is 0 Å². The molecule has 0 rings (SSSR count). The molecule has 1 amide bonds. The van der Waals surface area contributed by atoms with E-state index in [4.69, 9.17) is 0 Å². The van der Waals surface area contributed by atoms with Gasteiger partial charge in [-0.15, -0.1) is 0 Å². The van der Waals surface area contributed by atoms with Crippen molar-refractivity contribution in [3.05, 3.63) is 36.5 Å². The molecule has 4 nitrogen and oxygen atoms in total. The summed E-state index contributed by atoms with van der Waals surface area (Å²) >= 11 is 0. The van der Waals surface area contributed by atoms with Crippen molar-refractivity contribution in [1.29, 1.82) is 0 Å². The molecule has 0 aliphatic rings. The molecule has 66 heavy (non-hydrogen) atoms. The molecule has 0 aliphatic carbocycles. The van der Waals surface area contributed by atoms with Crippen molar-refractivity contribution in [1.82, 2.24) is 5.32 Å². The van der Waals surface area contributed by atoms with E-state index in [-0.39, 0.29) is 12.5 Å². The van der Waals surface area contributed by atoms with Crippen LogP contribution in [0.5, 0.6) is 0 Å². The van der Waals surface area contributed by atoms with Crippen LogP contribution in [0.25, 0.3) is 0 Å². The molecule has 2 atom stereocenters. The normalized spacial score (nSPS) is 13.0. The average Bonchev–Trinajstić information content (AvgIpc) is 3.32. The van der Waals surface area contributed by atoms with Gasteiger partial charge in [0.15, 0.2) is 0 Å². The number of carbonyl (C=O) groups is 1. The minimum absolute atomic E-state index is 0.0727. The Morgan fingerprint density at radius 2 is 0.591 bits per heavy atom. The van der Waals surface area contributed by atoms with E-state index in [0.717, 1.165) is 38.5 Å². The second kappa shape index (κ2) is 57.9. The van der Waals surface area contributed by atoms with Gasteiger partial charge in [-0.25, -0.2) is 0 Å². The average molecular weight is 927 g/mol. The molecule has 2 unspecified atom stereocenters. The minimum Gasteiger partial charge on any atom is -0.394 e. The highest BCUT2D eigenvalue weighted by atomic mass is 16.3. The van der Waals surface area contributed by atoms with Gasteiger partial charge in [-0.3, -0.25) is 4.79 Å². The number of aliphatic hydroxyl groups excluding tert-OH is 2. The maximum atomic E-state index is 12.4. The molecule has 0 fully saturated rings. The summed E-state index contributed by atoms with van der Waals surface area (Å²) in [6, 6.07) is -0.643. The fourth-order valence-electron chi connectivity index (χ4n) is 9.51. The first kappa shape index (κ1) is 64.6. The summed E-state index contributed by atoms with van der Waals surface area (Å²) in [4.78, 5) is 12.4. The Balaban J connectivity index is 3.38. The second-order valence-electron chi connectivity index (χ2n) is 20.8. The number of hydrogen-bond acceptors (Lipinski definition) is 3. The van der Waals surface area contributed by atoms with Crippen LogP contribution < -0.4 is 5.32 Å². The van der Waals surface area contributed by atoms with E-state index in [1.165, 1.54) is 276 Å². The van der Waals surface area contributed by atoms with Crippen molar-refractivity contribution >= 4 is 5.91 Å². The first-order chi connectivity index (χ1) is 32.7. The van der Waals surface area contributed by atoms with Crippen molar-refractivity contribution in [2.75, 3.05) is 6.61 Å². The molecule has 0 aromatic rings. The monoisotopic (exact) mass is 926 g/mol. The first-order valence-corrected chi connectivity index (χ1v) is 30.2. The van der Waals surface area contributed by atoms with Crippen molar-refractivity contribution in [3.63, 3.8) is 0 Å². The Morgan fingerprint density at radius 3 is 0.879 bits per heavy atom. The van der Waals surface area contributed by atoms with Crippen molar-refractivity contribution in [2.24, 2.45) is 0 Å². The van der Waals surface area contributed by atoms with E-state index in [0.29, 0.717) is 6.42 Å². The summed E-state index contributed by atoms with van der Waals surface area (Å²) in [5, 5.41) is 23.1. The molecule has 0 spiro atoms. The van der Waals surface area contributed by atoms with Crippen LogP contribution in [0, 0.1) is 0 Å². The first-order valence-electron chi connectivity index (χ1n) is 30.2. The zero-order valence-corrected chi connectivity index (χ0v) is 45.0. The molecule has 0 aliphatic heterocycles. The number of unbranched alkanes of at least 4 members (excludes halogenated alkanes) is 45. The summed E-state index contributed by atoms with van der Waals surface area (Å²) in [7, 11) is 0. The van der Waals surface area contributed by atoms with Gasteiger partial charge in [0, 0.05) is 6.42 Å². The standard InChI is InChI=1S/C62H119NO3/c1-3-5-7-9-11-13-15-17-19-20-21-22-23-24-25-26-27-28-29-30-31-32-33-34-35-36-37-38-39-40-41-42-44-46-48-50-52-54-56-58-62(66)63-60(59-64)61(65)57-55-53-51-49-47-45-43-18-16-14-12-10-8-6-4-2/h16,18,47,49,55,57,60-61,64-65H,3-15,17,19-46,48,50-54,56,58-59H2,1-2H3,(H,63,66)/b18-16+,49-47+,57-55+. The van der Waals surface area contributed by atoms with Crippen LogP contribution in [-0.4, -0.2) is 34.9 Å². The molecule has 0 aromatic carbocycles. The lowest BCUT2D eigenvalue weighted by atomic mass is 10.0. The second-order valence-corrected chi connectivity index (χ2v) is 20.8. The topological polar surface area (TPSA) is 69.6 Å². The van der Waals surface area contributed by atoms with Gasteiger partial charge in [0.1, 0.15) is 0 Å². The molecule has 0 saturated carbocycles. The van der Waals surface area contributed by atoms with Gasteiger partial charge in [0.25, 0.3) is 0 Å². The molecule has 3 N–H and O–H groups in total. The molecule has 0 heterocycles. The SMILES string of the molecule is CCCCCCC/C=C/CC/C=C/CC/C=C/C(O)C(CO)NC(=O)CCCCCCCCCCCCCCCCCCCCCCCCCCCCCCCCCCCCCCCCC. The van der Waals surface area contributed by atoms with Gasteiger partial charge in [0.05, 0.1) is 18.8 Å². The third-order valence-corrected chi connectivity index (χ3v) is 14.1. The van der Waals surface area contributed by atoms with Crippen LogP contribution in [-0.2, 0) is 4.79 Å². The largest absolute Gasteiger partial charge is 0.394 e. The summed E-state index contributed by atoms with van der Waals surface area (Å²) in [6.45, 7) is 4.30. The van der Waals surface area contributed by atoms with Crippen LogP contribution in [0.15, 0.2) is 36.5 Å². The lowest BCUT2D eigenvalue weighted by Crippen LogP contribution is -2.45. The van der Waals surface area contributed by atoms with Crippen molar-refractivity contribution < 1.29 is 15.0 Å². The molecular formula is C62H119NO3. The third kappa shape index (κ3) is 53.6. The van der Waals surface area contributed by atoms with E-state index in [1.807, 2.05) is 6.08 Å². The van der Waals surface area contributed by atoms with Gasteiger partial charge < -0.3 is 15.5 Å². The Hall–Kier alpha value is -1.39. The fraction of sp³-hybridized carbons (Fsp3) is 0.887. The van der Waals surface area contributed by atoms with Crippen LogP contribution in [0.3, 0.4) is 0 Å². The predicted molar refractivity (Wildman–Crippen MR) is 295 cm³/mol. The quantitative estimate of drug-likeness (QED) is 0.0420. The van der Waals surface area contributed by atoms with Crippen molar-refractivity contribution in [2.45, 2.75) is 347 Å². The molecule has 0 aromatic heterocycles. The smallest absolute Gasteiger partial charge is 0.220 e. The zero-order valence-electron chi connectivity index (χ0n) is 45.0. The number of rotatable bonds is 56. The van der Waals surface area contributed by atoms with Crippen LogP contribution in [0.4, 0.5) is 0 Å². The number of carbonyl (C=O) groups excluding carboxylic acids is 1. The Kier molecular flexibility index (Phi) is 56.7. The number of nitrogens with one attached hydrogen (secondary N) is 1. The maximum Gasteiger partial charge on any atom is 0.220 e. The molecule has 4 heteroatoms. The minimum atomic E-state index is -0.868. The van der Waals surface area contributed by atoms with E-state index in [1.54, 1.807) is 6.08 Å². The lowest BCUT2D eigenvalue weighted by molar-refractivity contribution is -0.123. The summed E-state index contributed by atoms with van der Waals surface area (Å²) in [6.07, 6.45) is 79.2.